The van der Waals surface area contributed by atoms with Gasteiger partial charge in [0, 0.05) is 0 Å². The topological polar surface area (TPSA) is 0 Å². The van der Waals surface area contributed by atoms with E-state index in [1.807, 2.05) is 0 Å². The minimum Gasteiger partial charge on any atom is -0.125 e. The highest BCUT2D eigenvalue weighted by molar-refractivity contribution is 6.45. The largest absolute Gasteiger partial charge is 0.149 e. The second kappa shape index (κ2) is 1.51. The fourth-order valence-corrected chi connectivity index (χ4v) is 1.39. The predicted molar refractivity (Wildman–Crippen MR) is 35.9 cm³/mol. The Bertz CT molecular complexity index is 144. The zero-order chi connectivity index (χ0) is 5.40. The quantitative estimate of drug-likeness (QED) is 0.322. The highest BCUT2D eigenvalue weighted by Crippen LogP contribution is 2.31. The Kier molecular flexibility index (Phi) is 0.835. The molecule has 1 aliphatic heterocycles. The maximum absolute atomic E-state index is 2.30. The monoisotopic (exact) mass is 103 g/mol. The first-order valence-electron chi connectivity index (χ1n) is 3.15. The van der Waals surface area contributed by atoms with Crippen molar-refractivity contribution < 1.29 is 0 Å². The molecule has 1 radical (unpaired) electrons. The molecular weight excluding hydrogens is 94.9 g/mol. The fraction of sp³-hybridized carbons (Fsp3) is 0.429. The van der Waals surface area contributed by atoms with Crippen LogP contribution in [0.1, 0.15) is 6.42 Å². The van der Waals surface area contributed by atoms with Crippen LogP contribution in [0.2, 0.25) is 5.82 Å². The van der Waals surface area contributed by atoms with Crippen molar-refractivity contribution in [3.8, 4) is 0 Å². The van der Waals surface area contributed by atoms with Gasteiger partial charge in [-0.2, -0.15) is 0 Å². The number of allylic oxidation sites excluding steroid dienone is 3. The van der Waals surface area contributed by atoms with Crippen LogP contribution in [0.4, 0.5) is 0 Å². The summed E-state index contributed by atoms with van der Waals surface area (Å²) in [5, 5.41) is 0. The molecule has 1 heterocycles. The molecule has 0 saturated heterocycles. The average molecular weight is 103 g/mol. The summed E-state index contributed by atoms with van der Waals surface area (Å²) in [5.41, 5.74) is 0. The number of fused-ring (bicyclic) bond motifs is 2. The average Bonchev–Trinajstić information content (AvgIpc) is 2.12. The summed E-state index contributed by atoms with van der Waals surface area (Å²) in [6, 6.07) is 0. The molecule has 39 valence electrons. The third-order valence-electron chi connectivity index (χ3n) is 1.87. The van der Waals surface area contributed by atoms with Gasteiger partial charge in [-0.05, 0) is 18.2 Å². The molecule has 0 amide bonds. The van der Waals surface area contributed by atoms with Crippen molar-refractivity contribution in [2.75, 3.05) is 0 Å². The second-order valence-electron chi connectivity index (χ2n) is 2.53. The SMILES string of the molecule is [B]1C=CC2C=CC1C2. The van der Waals surface area contributed by atoms with Gasteiger partial charge in [-0.25, -0.2) is 0 Å². The Morgan fingerprint density at radius 2 is 2.25 bits per heavy atom. The minimum atomic E-state index is 0.769. The lowest BCUT2D eigenvalue weighted by molar-refractivity contribution is 0.758. The van der Waals surface area contributed by atoms with E-state index in [9.17, 15) is 0 Å². The Morgan fingerprint density at radius 3 is 3.00 bits per heavy atom. The summed E-state index contributed by atoms with van der Waals surface area (Å²) >= 11 is 0. The molecule has 2 bridgehead atoms. The van der Waals surface area contributed by atoms with Crippen LogP contribution in [0, 0.1) is 5.92 Å². The normalized spacial score (nSPS) is 40.0. The summed E-state index contributed by atoms with van der Waals surface area (Å²) in [5.74, 6) is 3.72. The molecule has 0 aromatic heterocycles. The van der Waals surface area contributed by atoms with Crippen LogP contribution in [-0.2, 0) is 0 Å². The molecule has 0 fully saturated rings. The lowest BCUT2D eigenvalue weighted by atomic mass is 9.61. The molecule has 0 N–H and O–H groups in total. The molecule has 2 atom stereocenters. The van der Waals surface area contributed by atoms with E-state index in [0.717, 1.165) is 11.7 Å². The number of hydrogen-bond donors (Lipinski definition) is 0. The van der Waals surface area contributed by atoms with E-state index in [1.165, 1.54) is 6.42 Å². The first kappa shape index (κ1) is 4.43. The van der Waals surface area contributed by atoms with Crippen LogP contribution in [0.15, 0.2) is 24.2 Å². The minimum absolute atomic E-state index is 0.769. The first-order valence-corrected chi connectivity index (χ1v) is 3.15. The van der Waals surface area contributed by atoms with E-state index in [1.54, 1.807) is 0 Å². The third-order valence-corrected chi connectivity index (χ3v) is 1.87. The Hall–Kier alpha value is -0.455. The maximum Gasteiger partial charge on any atom is 0.149 e. The third kappa shape index (κ3) is 0.541. The van der Waals surface area contributed by atoms with Crippen molar-refractivity contribution in [3.05, 3.63) is 24.2 Å². The summed E-state index contributed by atoms with van der Waals surface area (Å²) in [6.45, 7) is 0. The Morgan fingerprint density at radius 1 is 1.25 bits per heavy atom. The molecule has 0 saturated carbocycles. The molecule has 0 nitrogen and oxygen atoms in total. The maximum atomic E-state index is 2.30. The molecule has 0 aromatic rings. The summed E-state index contributed by atoms with van der Waals surface area (Å²) < 4.78 is 0. The summed E-state index contributed by atoms with van der Waals surface area (Å²) in [4.78, 5) is 0. The van der Waals surface area contributed by atoms with Gasteiger partial charge in [0.05, 0.1) is 0 Å². The van der Waals surface area contributed by atoms with E-state index in [4.69, 9.17) is 0 Å². The molecule has 1 heteroatoms. The lowest BCUT2D eigenvalue weighted by Crippen LogP contribution is -2.02. The highest BCUT2D eigenvalue weighted by Gasteiger charge is 2.19. The first-order chi connectivity index (χ1) is 3.95. The van der Waals surface area contributed by atoms with Crippen LogP contribution < -0.4 is 0 Å². The van der Waals surface area contributed by atoms with E-state index < -0.39 is 0 Å². The molecule has 1 aliphatic carbocycles. The van der Waals surface area contributed by atoms with Gasteiger partial charge in [-0.3, -0.25) is 0 Å². The van der Waals surface area contributed by atoms with Gasteiger partial charge in [0.1, 0.15) is 7.28 Å². The molecule has 0 aromatic carbocycles. The zero-order valence-corrected chi connectivity index (χ0v) is 4.75. The predicted octanol–water partition coefficient (Wildman–Crippen LogP) is 1.58. The number of rotatable bonds is 0. The van der Waals surface area contributed by atoms with Crippen LogP contribution in [0.3, 0.4) is 0 Å². The van der Waals surface area contributed by atoms with Gasteiger partial charge in [0.25, 0.3) is 0 Å². The van der Waals surface area contributed by atoms with Crippen molar-refractivity contribution in [3.63, 3.8) is 0 Å². The van der Waals surface area contributed by atoms with Gasteiger partial charge < -0.3 is 0 Å². The van der Waals surface area contributed by atoms with Crippen molar-refractivity contribution >= 4 is 7.28 Å². The molecular formula is C7H8B. The molecule has 0 spiro atoms. The smallest absolute Gasteiger partial charge is 0.125 e. The van der Waals surface area contributed by atoms with Gasteiger partial charge in [0.2, 0.25) is 0 Å². The molecule has 2 unspecified atom stereocenters. The zero-order valence-electron chi connectivity index (χ0n) is 4.75. The van der Waals surface area contributed by atoms with Crippen LogP contribution in [-0.4, -0.2) is 7.28 Å². The van der Waals surface area contributed by atoms with Gasteiger partial charge in [-0.15, -0.1) is 5.98 Å². The molecule has 2 aliphatic rings. The second-order valence-corrected chi connectivity index (χ2v) is 2.53. The van der Waals surface area contributed by atoms with Crippen LogP contribution in [0.25, 0.3) is 0 Å². The van der Waals surface area contributed by atoms with Crippen molar-refractivity contribution in [2.45, 2.75) is 12.2 Å². The lowest BCUT2D eigenvalue weighted by Gasteiger charge is -2.09. The fourth-order valence-electron chi connectivity index (χ4n) is 1.39. The molecule has 8 heavy (non-hydrogen) atoms. The van der Waals surface area contributed by atoms with E-state index >= 15 is 0 Å². The van der Waals surface area contributed by atoms with Crippen molar-refractivity contribution in [1.82, 2.24) is 0 Å². The van der Waals surface area contributed by atoms with Crippen molar-refractivity contribution in [1.29, 1.82) is 0 Å². The van der Waals surface area contributed by atoms with Crippen LogP contribution in [0.5, 0.6) is 0 Å². The summed E-state index contributed by atoms with van der Waals surface area (Å²) in [6.07, 6.45) is 8.19. The van der Waals surface area contributed by atoms with E-state index in [0.29, 0.717) is 0 Å². The summed E-state index contributed by atoms with van der Waals surface area (Å²) in [7, 11) is 2.26. The molecule has 2 rings (SSSR count). The van der Waals surface area contributed by atoms with Gasteiger partial charge in [0.15, 0.2) is 0 Å². The Balaban J connectivity index is 2.28. The Labute approximate surface area is 50.5 Å². The van der Waals surface area contributed by atoms with Crippen LogP contribution >= 0.6 is 0 Å². The number of hydrogen-bond acceptors (Lipinski definition) is 0. The standard InChI is InChI=1S/C7H8B/c1-2-7-5-6(1)3-4-8-7/h1-4,6-7H,5H2. The van der Waals surface area contributed by atoms with Crippen molar-refractivity contribution in [2.24, 2.45) is 5.92 Å². The highest BCUT2D eigenvalue weighted by atomic mass is 14.2. The van der Waals surface area contributed by atoms with E-state index in [2.05, 4.69) is 31.5 Å². The van der Waals surface area contributed by atoms with E-state index in [-0.39, 0.29) is 0 Å². The van der Waals surface area contributed by atoms with Gasteiger partial charge >= 0.3 is 0 Å². The van der Waals surface area contributed by atoms with Gasteiger partial charge in [-0.1, -0.05) is 18.2 Å².